The lowest BCUT2D eigenvalue weighted by atomic mass is 10.1. The second-order valence-electron chi connectivity index (χ2n) is 6.94. The molecule has 176 valence electrons. The lowest BCUT2D eigenvalue weighted by molar-refractivity contribution is -0.169. The number of carbonyl (C=O) groups is 3. The molecule has 2 aliphatic rings. The molecule has 1 aromatic rings. The van der Waals surface area contributed by atoms with Crippen LogP contribution in [0.4, 0.5) is 4.79 Å². The maximum Gasteiger partial charge on any atom is 0.511 e. The predicted octanol–water partition coefficient (Wildman–Crippen LogP) is 3.48. The van der Waals surface area contributed by atoms with Crippen LogP contribution in [0.2, 0.25) is 0 Å². The molecule has 9 nitrogen and oxygen atoms in total. The van der Waals surface area contributed by atoms with Gasteiger partial charge in [-0.25, -0.2) is 14.6 Å². The van der Waals surface area contributed by atoms with Crippen molar-refractivity contribution < 1.29 is 28.6 Å². The number of rotatable bonds is 7. The van der Waals surface area contributed by atoms with Crippen LogP contribution < -0.4 is 5.73 Å². The molecular formula is C19H24ClN3O6S3. The molecule has 3 heterocycles. The second-order valence-corrected chi connectivity index (χ2v) is 9.93. The Balaban J connectivity index is 0.00000363. The molecule has 1 aromatic heterocycles. The maximum absolute atomic E-state index is 12.9. The SMILES string of the molecule is Cc1ncsc1/C=C\SC1=C(C(=O)OC(C)OC(=O)OC(C)C)N2C(=O)[C@@H](N)[C@H]2SC1.Cl. The normalized spacial score (nSPS) is 21.1. The van der Waals surface area contributed by atoms with Gasteiger partial charge in [-0.1, -0.05) is 11.8 Å². The zero-order chi connectivity index (χ0) is 22.7. The number of β-lactam (4-membered cyclic amide) rings is 1. The van der Waals surface area contributed by atoms with Gasteiger partial charge in [-0.15, -0.1) is 35.5 Å². The van der Waals surface area contributed by atoms with Crippen molar-refractivity contribution in [2.45, 2.75) is 51.5 Å². The van der Waals surface area contributed by atoms with Crippen molar-refractivity contribution in [2.24, 2.45) is 5.73 Å². The Hall–Kier alpha value is -1.73. The van der Waals surface area contributed by atoms with Crippen LogP contribution >= 0.6 is 47.3 Å². The van der Waals surface area contributed by atoms with Gasteiger partial charge in [0.15, 0.2) is 0 Å². The van der Waals surface area contributed by atoms with Crippen LogP contribution in [0.1, 0.15) is 31.3 Å². The zero-order valence-electron chi connectivity index (χ0n) is 17.8. The van der Waals surface area contributed by atoms with Gasteiger partial charge in [0.1, 0.15) is 17.1 Å². The number of hydrogen-bond donors (Lipinski definition) is 1. The van der Waals surface area contributed by atoms with E-state index >= 15 is 0 Å². The molecule has 0 radical (unpaired) electrons. The highest BCUT2D eigenvalue weighted by Crippen LogP contribution is 2.43. The summed E-state index contributed by atoms with van der Waals surface area (Å²) in [5, 5.41) is 1.52. The highest BCUT2D eigenvalue weighted by Gasteiger charge is 2.52. The number of amides is 1. The Bertz CT molecular complexity index is 935. The number of esters is 1. The monoisotopic (exact) mass is 521 g/mol. The van der Waals surface area contributed by atoms with Gasteiger partial charge in [0.25, 0.3) is 0 Å². The number of ether oxygens (including phenoxy) is 3. The molecular weight excluding hydrogens is 498 g/mol. The first kappa shape index (κ1) is 26.5. The Labute approximate surface area is 204 Å². The number of thioether (sulfide) groups is 2. The number of nitrogens with two attached hydrogens (primary N) is 1. The van der Waals surface area contributed by atoms with Gasteiger partial charge < -0.3 is 19.9 Å². The summed E-state index contributed by atoms with van der Waals surface area (Å²) in [4.78, 5) is 44.1. The summed E-state index contributed by atoms with van der Waals surface area (Å²) in [7, 11) is 0. The molecule has 1 unspecified atom stereocenters. The number of aryl methyl sites for hydroxylation is 1. The molecule has 1 fully saturated rings. The molecule has 0 aromatic carbocycles. The van der Waals surface area contributed by atoms with E-state index in [-0.39, 0.29) is 35.5 Å². The number of fused-ring (bicyclic) bond motifs is 1. The van der Waals surface area contributed by atoms with Gasteiger partial charge in [0.05, 0.1) is 22.2 Å². The van der Waals surface area contributed by atoms with E-state index in [0.29, 0.717) is 10.7 Å². The minimum Gasteiger partial charge on any atom is -0.431 e. The molecule has 0 aliphatic carbocycles. The Morgan fingerprint density at radius 3 is 2.66 bits per heavy atom. The molecule has 1 saturated heterocycles. The summed E-state index contributed by atoms with van der Waals surface area (Å²) in [6.07, 6.45) is -0.597. The van der Waals surface area contributed by atoms with Crippen LogP contribution in [0.5, 0.6) is 0 Å². The molecule has 13 heteroatoms. The molecule has 32 heavy (non-hydrogen) atoms. The summed E-state index contributed by atoms with van der Waals surface area (Å²) in [6.45, 7) is 6.66. The van der Waals surface area contributed by atoms with Gasteiger partial charge in [-0.2, -0.15) is 0 Å². The largest absolute Gasteiger partial charge is 0.511 e. The lowest BCUT2D eigenvalue weighted by Gasteiger charge is -2.48. The fourth-order valence-corrected chi connectivity index (χ4v) is 5.86. The van der Waals surface area contributed by atoms with Crippen LogP contribution in [0.3, 0.4) is 0 Å². The van der Waals surface area contributed by atoms with Crippen molar-refractivity contribution in [1.82, 2.24) is 9.88 Å². The zero-order valence-corrected chi connectivity index (χ0v) is 21.1. The fraction of sp³-hybridized carbons (Fsp3) is 0.474. The topological polar surface area (TPSA) is 121 Å². The van der Waals surface area contributed by atoms with Crippen LogP contribution in [0, 0.1) is 6.92 Å². The molecule has 3 atom stereocenters. The van der Waals surface area contributed by atoms with Gasteiger partial charge in [0, 0.05) is 17.6 Å². The van der Waals surface area contributed by atoms with E-state index in [1.807, 2.05) is 18.4 Å². The number of nitrogens with zero attached hydrogens (tertiary/aromatic N) is 2. The van der Waals surface area contributed by atoms with Crippen LogP contribution in [-0.4, -0.2) is 57.5 Å². The average Bonchev–Trinajstić information content (AvgIpc) is 3.10. The quantitative estimate of drug-likeness (QED) is 0.324. The smallest absolute Gasteiger partial charge is 0.431 e. The van der Waals surface area contributed by atoms with Crippen molar-refractivity contribution in [3.63, 3.8) is 0 Å². The van der Waals surface area contributed by atoms with Crippen molar-refractivity contribution in [3.8, 4) is 0 Å². The van der Waals surface area contributed by atoms with Crippen molar-refractivity contribution in [3.05, 3.63) is 32.1 Å². The van der Waals surface area contributed by atoms with E-state index < -0.39 is 24.5 Å². The number of thiazole rings is 1. The molecule has 0 spiro atoms. The highest BCUT2D eigenvalue weighted by molar-refractivity contribution is 8.08. The lowest BCUT2D eigenvalue weighted by Crippen LogP contribution is -2.68. The number of carbonyl (C=O) groups excluding carboxylic acids is 3. The van der Waals surface area contributed by atoms with Gasteiger partial charge in [0.2, 0.25) is 12.2 Å². The third-order valence-electron chi connectivity index (χ3n) is 4.25. The molecule has 0 saturated carbocycles. The minimum absolute atomic E-state index is 0. The van der Waals surface area contributed by atoms with E-state index in [2.05, 4.69) is 4.98 Å². The summed E-state index contributed by atoms with van der Waals surface area (Å²) < 4.78 is 15.1. The summed E-state index contributed by atoms with van der Waals surface area (Å²) >= 11 is 4.32. The van der Waals surface area contributed by atoms with Crippen molar-refractivity contribution >= 4 is 71.4 Å². The van der Waals surface area contributed by atoms with E-state index in [1.54, 1.807) is 19.4 Å². The highest BCUT2D eigenvalue weighted by atomic mass is 35.5. The fourth-order valence-electron chi connectivity index (χ4n) is 2.80. The first-order valence-corrected chi connectivity index (χ1v) is 12.2. The maximum atomic E-state index is 12.9. The molecule has 0 bridgehead atoms. The first-order chi connectivity index (χ1) is 14.7. The van der Waals surface area contributed by atoms with Gasteiger partial charge in [-0.05, 0) is 32.3 Å². The van der Waals surface area contributed by atoms with Crippen LogP contribution in [-0.2, 0) is 23.8 Å². The third kappa shape index (κ3) is 5.98. The van der Waals surface area contributed by atoms with Gasteiger partial charge >= 0.3 is 12.1 Å². The molecule has 2 aliphatic heterocycles. The summed E-state index contributed by atoms with van der Waals surface area (Å²) in [5.74, 6) is -0.619. The van der Waals surface area contributed by atoms with E-state index in [9.17, 15) is 14.4 Å². The second kappa shape index (κ2) is 11.4. The summed E-state index contributed by atoms with van der Waals surface area (Å²) in [5.41, 5.74) is 8.68. The number of hydrogen-bond acceptors (Lipinski definition) is 11. The average molecular weight is 522 g/mol. The van der Waals surface area contributed by atoms with E-state index in [0.717, 1.165) is 10.6 Å². The van der Waals surface area contributed by atoms with E-state index in [1.165, 1.54) is 46.7 Å². The van der Waals surface area contributed by atoms with Crippen LogP contribution in [0.15, 0.2) is 21.5 Å². The number of halogens is 1. The number of aromatic nitrogens is 1. The Morgan fingerprint density at radius 2 is 2.03 bits per heavy atom. The van der Waals surface area contributed by atoms with Gasteiger partial charge in [-0.3, -0.25) is 9.69 Å². The van der Waals surface area contributed by atoms with E-state index in [4.69, 9.17) is 19.9 Å². The van der Waals surface area contributed by atoms with Crippen molar-refractivity contribution in [1.29, 1.82) is 0 Å². The predicted molar refractivity (Wildman–Crippen MR) is 127 cm³/mol. The Morgan fingerprint density at radius 1 is 1.31 bits per heavy atom. The molecule has 2 N–H and O–H groups in total. The molecule has 1 amide bonds. The molecule has 3 rings (SSSR count). The summed E-state index contributed by atoms with van der Waals surface area (Å²) in [6, 6.07) is -0.663. The van der Waals surface area contributed by atoms with Crippen molar-refractivity contribution in [2.75, 3.05) is 5.75 Å². The Kier molecular flexibility index (Phi) is 9.46. The van der Waals surface area contributed by atoms with Crippen LogP contribution in [0.25, 0.3) is 6.08 Å². The minimum atomic E-state index is -1.19. The standard InChI is InChI=1S/C19H23N3O6S3.ClH/c1-9(2)26-19(25)28-11(4)27-18(24)15-13(7-30-17-14(20)16(23)22(15)17)29-6-5-12-10(3)21-8-31-12;/h5-6,8-9,11,14,17H,7,20H2,1-4H3;1H/b6-5-;/t11?,14-,17-;/m1./s1. The first-order valence-electron chi connectivity index (χ1n) is 9.44. The third-order valence-corrected chi connectivity index (χ3v) is 7.52.